The molecule has 106 valence electrons. The van der Waals surface area contributed by atoms with Gasteiger partial charge in [-0.25, -0.2) is 4.39 Å². The standard InChI is InChI=1S/C15H22FNO2/c1-5-12(6-2)17-14(18)15(3,4)19-13-9-7-11(16)8-10-13/h7-10,12H,5-6H2,1-4H3,(H,17,18). The summed E-state index contributed by atoms with van der Waals surface area (Å²) in [5.41, 5.74) is -0.986. The number of carbonyl (C=O) groups excluding carboxylic acids is 1. The van der Waals surface area contributed by atoms with Crippen molar-refractivity contribution in [2.45, 2.75) is 52.2 Å². The van der Waals surface area contributed by atoms with Crippen LogP contribution in [0.25, 0.3) is 0 Å². The van der Waals surface area contributed by atoms with Crippen LogP contribution in [0.5, 0.6) is 5.75 Å². The van der Waals surface area contributed by atoms with Crippen LogP contribution in [0.15, 0.2) is 24.3 Å². The van der Waals surface area contributed by atoms with Crippen LogP contribution < -0.4 is 10.1 Å². The SMILES string of the molecule is CCC(CC)NC(=O)C(C)(C)Oc1ccc(F)cc1. The third-order valence-corrected chi connectivity index (χ3v) is 3.05. The van der Waals surface area contributed by atoms with Crippen molar-refractivity contribution in [3.05, 3.63) is 30.1 Å². The van der Waals surface area contributed by atoms with Crippen molar-refractivity contribution >= 4 is 5.91 Å². The Bertz CT molecular complexity index is 411. The molecule has 0 bridgehead atoms. The van der Waals surface area contributed by atoms with Gasteiger partial charge < -0.3 is 10.1 Å². The number of ether oxygens (including phenoxy) is 1. The minimum Gasteiger partial charge on any atom is -0.478 e. The van der Waals surface area contributed by atoms with Crippen molar-refractivity contribution < 1.29 is 13.9 Å². The molecule has 0 heterocycles. The summed E-state index contributed by atoms with van der Waals surface area (Å²) in [5, 5.41) is 2.95. The highest BCUT2D eigenvalue weighted by Gasteiger charge is 2.30. The predicted molar refractivity (Wildman–Crippen MR) is 73.6 cm³/mol. The molecule has 0 unspecified atom stereocenters. The molecule has 3 nitrogen and oxygen atoms in total. The highest BCUT2D eigenvalue weighted by molar-refractivity contribution is 5.84. The van der Waals surface area contributed by atoms with Gasteiger partial charge in [0.1, 0.15) is 11.6 Å². The quantitative estimate of drug-likeness (QED) is 0.859. The number of amides is 1. The van der Waals surface area contributed by atoms with Crippen LogP contribution in [-0.2, 0) is 4.79 Å². The second kappa shape index (κ2) is 6.55. The topological polar surface area (TPSA) is 38.3 Å². The molecule has 1 aromatic carbocycles. The molecule has 4 heteroatoms. The first-order valence-corrected chi connectivity index (χ1v) is 6.64. The van der Waals surface area contributed by atoms with E-state index in [4.69, 9.17) is 4.74 Å². The van der Waals surface area contributed by atoms with E-state index in [0.29, 0.717) is 5.75 Å². The smallest absolute Gasteiger partial charge is 0.263 e. The average molecular weight is 267 g/mol. The van der Waals surface area contributed by atoms with Gasteiger partial charge >= 0.3 is 0 Å². The van der Waals surface area contributed by atoms with E-state index < -0.39 is 5.60 Å². The van der Waals surface area contributed by atoms with Crippen molar-refractivity contribution in [3.8, 4) is 5.75 Å². The summed E-state index contributed by atoms with van der Waals surface area (Å²) < 4.78 is 18.4. The molecule has 0 saturated carbocycles. The lowest BCUT2D eigenvalue weighted by atomic mass is 10.1. The largest absolute Gasteiger partial charge is 0.478 e. The molecule has 0 aliphatic heterocycles. The van der Waals surface area contributed by atoms with Gasteiger partial charge in [-0.2, -0.15) is 0 Å². The third-order valence-electron chi connectivity index (χ3n) is 3.05. The maximum absolute atomic E-state index is 12.8. The second-order valence-electron chi connectivity index (χ2n) is 5.05. The van der Waals surface area contributed by atoms with E-state index in [1.165, 1.54) is 24.3 Å². The van der Waals surface area contributed by atoms with Crippen LogP contribution in [0.4, 0.5) is 4.39 Å². The van der Waals surface area contributed by atoms with Crippen molar-refractivity contribution in [1.29, 1.82) is 0 Å². The maximum Gasteiger partial charge on any atom is 0.263 e. The molecule has 0 spiro atoms. The molecule has 19 heavy (non-hydrogen) atoms. The van der Waals surface area contributed by atoms with Gasteiger partial charge in [-0.15, -0.1) is 0 Å². The molecule has 1 amide bonds. The van der Waals surface area contributed by atoms with Gasteiger partial charge in [0.15, 0.2) is 5.60 Å². The van der Waals surface area contributed by atoms with Crippen molar-refractivity contribution in [3.63, 3.8) is 0 Å². The monoisotopic (exact) mass is 267 g/mol. The maximum atomic E-state index is 12.8. The Morgan fingerprint density at radius 2 is 1.79 bits per heavy atom. The number of benzene rings is 1. The first kappa shape index (κ1) is 15.5. The molecule has 0 aliphatic rings. The van der Waals surface area contributed by atoms with Crippen LogP contribution >= 0.6 is 0 Å². The normalized spacial score (nSPS) is 11.5. The first-order chi connectivity index (χ1) is 8.89. The van der Waals surface area contributed by atoms with E-state index in [0.717, 1.165) is 12.8 Å². The van der Waals surface area contributed by atoms with E-state index in [1.807, 2.05) is 13.8 Å². The Hall–Kier alpha value is -1.58. The zero-order valence-corrected chi connectivity index (χ0v) is 12.0. The van der Waals surface area contributed by atoms with Crippen LogP contribution in [0.3, 0.4) is 0 Å². The van der Waals surface area contributed by atoms with Gasteiger partial charge in [0, 0.05) is 6.04 Å². The molecule has 1 aromatic rings. The van der Waals surface area contributed by atoms with E-state index >= 15 is 0 Å². The van der Waals surface area contributed by atoms with E-state index in [2.05, 4.69) is 5.32 Å². The van der Waals surface area contributed by atoms with E-state index in [9.17, 15) is 9.18 Å². The summed E-state index contributed by atoms with van der Waals surface area (Å²) >= 11 is 0. The highest BCUT2D eigenvalue weighted by Crippen LogP contribution is 2.19. The van der Waals surface area contributed by atoms with E-state index in [1.54, 1.807) is 13.8 Å². The average Bonchev–Trinajstić information content (AvgIpc) is 2.38. The number of rotatable bonds is 6. The Morgan fingerprint density at radius 1 is 1.26 bits per heavy atom. The lowest BCUT2D eigenvalue weighted by molar-refractivity contribution is -0.135. The molecule has 1 N–H and O–H groups in total. The van der Waals surface area contributed by atoms with Gasteiger partial charge in [0.2, 0.25) is 0 Å². The molecule has 1 rings (SSSR count). The summed E-state index contributed by atoms with van der Waals surface area (Å²) in [5.74, 6) is -0.0109. The van der Waals surface area contributed by atoms with E-state index in [-0.39, 0.29) is 17.8 Å². The number of hydrogen-bond acceptors (Lipinski definition) is 2. The zero-order valence-electron chi connectivity index (χ0n) is 12.0. The summed E-state index contributed by atoms with van der Waals surface area (Å²) in [7, 11) is 0. The van der Waals surface area contributed by atoms with Gasteiger partial charge in [-0.3, -0.25) is 4.79 Å². The molecule has 0 aliphatic carbocycles. The Kier molecular flexibility index (Phi) is 5.33. The summed E-state index contributed by atoms with van der Waals surface area (Å²) in [4.78, 5) is 12.2. The van der Waals surface area contributed by atoms with Crippen LogP contribution in [0.1, 0.15) is 40.5 Å². The fourth-order valence-electron chi connectivity index (χ4n) is 1.70. The van der Waals surface area contributed by atoms with Crippen LogP contribution in [0, 0.1) is 5.82 Å². The molecule has 0 radical (unpaired) electrons. The Morgan fingerprint density at radius 3 is 2.26 bits per heavy atom. The molecule has 0 atom stereocenters. The lowest BCUT2D eigenvalue weighted by Gasteiger charge is -2.27. The molecule has 0 saturated heterocycles. The van der Waals surface area contributed by atoms with Crippen LogP contribution in [0.2, 0.25) is 0 Å². The number of carbonyl (C=O) groups is 1. The fourth-order valence-corrected chi connectivity index (χ4v) is 1.70. The van der Waals surface area contributed by atoms with Gasteiger partial charge in [0.25, 0.3) is 5.91 Å². The number of halogens is 1. The van der Waals surface area contributed by atoms with Gasteiger partial charge in [0.05, 0.1) is 0 Å². The highest BCUT2D eigenvalue weighted by atomic mass is 19.1. The summed E-state index contributed by atoms with van der Waals surface area (Å²) in [6.45, 7) is 7.46. The Labute approximate surface area is 114 Å². The minimum absolute atomic E-state index is 0.156. The van der Waals surface area contributed by atoms with Crippen LogP contribution in [-0.4, -0.2) is 17.6 Å². The summed E-state index contributed by atoms with van der Waals surface area (Å²) in [6.07, 6.45) is 1.77. The van der Waals surface area contributed by atoms with Crippen molar-refractivity contribution in [2.24, 2.45) is 0 Å². The lowest BCUT2D eigenvalue weighted by Crippen LogP contribution is -2.49. The van der Waals surface area contributed by atoms with Crippen molar-refractivity contribution in [1.82, 2.24) is 5.32 Å². The molecular weight excluding hydrogens is 245 g/mol. The fraction of sp³-hybridized carbons (Fsp3) is 0.533. The summed E-state index contributed by atoms with van der Waals surface area (Å²) in [6, 6.07) is 5.81. The minimum atomic E-state index is -0.986. The number of hydrogen-bond donors (Lipinski definition) is 1. The molecule has 0 aromatic heterocycles. The Balaban J connectivity index is 2.69. The predicted octanol–water partition coefficient (Wildman–Crippen LogP) is 3.29. The first-order valence-electron chi connectivity index (χ1n) is 6.64. The van der Waals surface area contributed by atoms with Gasteiger partial charge in [-0.05, 0) is 51.0 Å². The molecule has 0 fully saturated rings. The number of nitrogens with one attached hydrogen (secondary N) is 1. The zero-order chi connectivity index (χ0) is 14.5. The second-order valence-corrected chi connectivity index (χ2v) is 5.05. The van der Waals surface area contributed by atoms with Crippen molar-refractivity contribution in [2.75, 3.05) is 0 Å². The molecular formula is C15H22FNO2. The third kappa shape index (κ3) is 4.54. The van der Waals surface area contributed by atoms with Gasteiger partial charge in [-0.1, -0.05) is 13.8 Å².